The fraction of sp³-hybridized carbons (Fsp3) is 0.500. The van der Waals surface area contributed by atoms with Gasteiger partial charge in [0.05, 0.1) is 11.5 Å². The van der Waals surface area contributed by atoms with Gasteiger partial charge in [0.25, 0.3) is 5.91 Å². The van der Waals surface area contributed by atoms with Crippen LogP contribution in [-0.2, 0) is 9.59 Å². The summed E-state index contributed by atoms with van der Waals surface area (Å²) in [5.41, 5.74) is 0.184. The number of para-hydroxylation sites is 1. The van der Waals surface area contributed by atoms with Gasteiger partial charge in [0.2, 0.25) is 5.91 Å². The van der Waals surface area contributed by atoms with Crippen molar-refractivity contribution in [1.29, 1.82) is 0 Å². The molecule has 0 saturated carbocycles. The van der Waals surface area contributed by atoms with Crippen LogP contribution in [0.5, 0.6) is 5.75 Å². The van der Waals surface area contributed by atoms with Crippen LogP contribution < -0.4 is 0 Å². The highest BCUT2D eigenvalue weighted by Gasteiger charge is 2.39. The van der Waals surface area contributed by atoms with Gasteiger partial charge in [-0.05, 0) is 37.8 Å². The molecule has 3 rings (SSSR count). The van der Waals surface area contributed by atoms with Crippen molar-refractivity contribution < 1.29 is 24.6 Å². The number of benzene rings is 1. The van der Waals surface area contributed by atoms with Gasteiger partial charge < -0.3 is 20.0 Å². The molecule has 2 atom stereocenters. The smallest absolute Gasteiger partial charge is 0.308 e. The second kappa shape index (κ2) is 7.13. The molecule has 25 heavy (non-hydrogen) atoms. The SMILES string of the molecule is O=C(O)C1CCCN(C(=O)C2CCCN2C(=O)c2ccccc2O)C1. The predicted molar refractivity (Wildman–Crippen MR) is 89.1 cm³/mol. The molecule has 2 amide bonds. The van der Waals surface area contributed by atoms with Gasteiger partial charge in [-0.1, -0.05) is 12.1 Å². The van der Waals surface area contributed by atoms with Crippen molar-refractivity contribution in [2.24, 2.45) is 5.92 Å². The molecular weight excluding hydrogens is 324 g/mol. The Bertz CT molecular complexity index is 690. The summed E-state index contributed by atoms with van der Waals surface area (Å²) in [7, 11) is 0. The Balaban J connectivity index is 1.75. The van der Waals surface area contributed by atoms with Gasteiger partial charge in [0, 0.05) is 19.6 Å². The summed E-state index contributed by atoms with van der Waals surface area (Å²) in [6.45, 7) is 1.18. The Morgan fingerprint density at radius 2 is 1.76 bits per heavy atom. The van der Waals surface area contributed by atoms with Crippen LogP contribution in [0.15, 0.2) is 24.3 Å². The van der Waals surface area contributed by atoms with Crippen LogP contribution in [-0.4, -0.2) is 63.5 Å². The Morgan fingerprint density at radius 3 is 2.48 bits per heavy atom. The topological polar surface area (TPSA) is 98.2 Å². The van der Waals surface area contributed by atoms with Gasteiger partial charge in [-0.15, -0.1) is 0 Å². The number of likely N-dealkylation sites (tertiary alicyclic amines) is 2. The number of nitrogens with zero attached hydrogens (tertiary/aromatic N) is 2. The minimum absolute atomic E-state index is 0.102. The standard InChI is InChI=1S/C18H22N2O5/c21-15-8-2-1-6-13(15)16(22)20-10-4-7-14(20)17(23)19-9-3-5-12(11-19)18(24)25/h1-2,6,8,12,14,21H,3-5,7,9-11H2,(H,24,25). The molecular formula is C18H22N2O5. The number of amides is 2. The zero-order valence-electron chi connectivity index (χ0n) is 13.9. The van der Waals surface area contributed by atoms with Gasteiger partial charge in [-0.3, -0.25) is 14.4 Å². The molecule has 0 aliphatic carbocycles. The first-order chi connectivity index (χ1) is 12.0. The lowest BCUT2D eigenvalue weighted by molar-refractivity contribution is -0.146. The maximum absolute atomic E-state index is 12.9. The number of rotatable bonds is 3. The Labute approximate surface area is 145 Å². The molecule has 2 heterocycles. The lowest BCUT2D eigenvalue weighted by Crippen LogP contribution is -2.51. The average Bonchev–Trinajstić information content (AvgIpc) is 3.10. The number of hydrogen-bond acceptors (Lipinski definition) is 4. The summed E-state index contributed by atoms with van der Waals surface area (Å²) in [5.74, 6) is -2.07. The Kier molecular flexibility index (Phi) is 4.92. The molecule has 2 N–H and O–H groups in total. The second-order valence-electron chi connectivity index (χ2n) is 6.64. The van der Waals surface area contributed by atoms with E-state index in [2.05, 4.69) is 0 Å². The highest BCUT2D eigenvalue weighted by molar-refractivity contribution is 6.00. The lowest BCUT2D eigenvalue weighted by atomic mass is 9.97. The first-order valence-corrected chi connectivity index (χ1v) is 8.59. The normalized spacial score (nSPS) is 23.5. The van der Waals surface area contributed by atoms with Gasteiger partial charge in [-0.2, -0.15) is 0 Å². The molecule has 0 radical (unpaired) electrons. The van der Waals surface area contributed by atoms with Gasteiger partial charge >= 0.3 is 5.97 Å². The van der Waals surface area contributed by atoms with Crippen molar-refractivity contribution in [3.05, 3.63) is 29.8 Å². The van der Waals surface area contributed by atoms with Crippen LogP contribution in [0.4, 0.5) is 0 Å². The monoisotopic (exact) mass is 346 g/mol. The number of carboxylic acids is 1. The zero-order valence-corrected chi connectivity index (χ0v) is 13.9. The molecule has 2 unspecified atom stereocenters. The summed E-state index contributed by atoms with van der Waals surface area (Å²) in [4.78, 5) is 39.9. The van der Waals surface area contributed by atoms with Crippen molar-refractivity contribution in [2.45, 2.75) is 31.7 Å². The van der Waals surface area contributed by atoms with Crippen LogP contribution in [0.25, 0.3) is 0 Å². The van der Waals surface area contributed by atoms with Crippen molar-refractivity contribution in [3.8, 4) is 5.75 Å². The van der Waals surface area contributed by atoms with Crippen molar-refractivity contribution in [2.75, 3.05) is 19.6 Å². The molecule has 0 bridgehead atoms. The van der Waals surface area contributed by atoms with Crippen LogP contribution in [0, 0.1) is 5.92 Å². The van der Waals surface area contributed by atoms with E-state index in [-0.39, 0.29) is 29.7 Å². The fourth-order valence-electron chi connectivity index (χ4n) is 3.67. The molecule has 2 aliphatic rings. The number of aliphatic carboxylic acids is 1. The Hall–Kier alpha value is -2.57. The lowest BCUT2D eigenvalue weighted by Gasteiger charge is -2.35. The number of carbonyl (C=O) groups is 3. The molecule has 0 aromatic heterocycles. The van der Waals surface area contributed by atoms with Gasteiger partial charge in [-0.25, -0.2) is 0 Å². The number of carboxylic acid groups (broad SMARTS) is 1. The van der Waals surface area contributed by atoms with E-state index in [0.717, 1.165) is 0 Å². The summed E-state index contributed by atoms with van der Waals surface area (Å²) < 4.78 is 0. The number of piperidine rings is 1. The van der Waals surface area contributed by atoms with E-state index < -0.39 is 17.9 Å². The third-order valence-electron chi connectivity index (χ3n) is 5.02. The molecule has 1 aromatic rings. The van der Waals surface area contributed by atoms with Crippen LogP contribution in [0.2, 0.25) is 0 Å². The minimum Gasteiger partial charge on any atom is -0.507 e. The summed E-state index contributed by atoms with van der Waals surface area (Å²) in [5, 5.41) is 19.1. The first-order valence-electron chi connectivity index (χ1n) is 8.59. The number of phenolic OH excluding ortho intramolecular Hbond substituents is 1. The van der Waals surface area contributed by atoms with Crippen molar-refractivity contribution in [1.82, 2.24) is 9.80 Å². The van der Waals surface area contributed by atoms with Gasteiger partial charge in [0.15, 0.2) is 0 Å². The molecule has 1 aromatic carbocycles. The molecule has 134 valence electrons. The third kappa shape index (κ3) is 3.45. The third-order valence-corrected chi connectivity index (χ3v) is 5.02. The van der Waals surface area contributed by atoms with E-state index in [9.17, 15) is 24.6 Å². The molecule has 2 fully saturated rings. The fourth-order valence-corrected chi connectivity index (χ4v) is 3.67. The van der Waals surface area contributed by atoms with Crippen LogP contribution in [0.3, 0.4) is 0 Å². The number of aromatic hydroxyl groups is 1. The quantitative estimate of drug-likeness (QED) is 0.860. The van der Waals surface area contributed by atoms with Crippen molar-refractivity contribution >= 4 is 17.8 Å². The van der Waals surface area contributed by atoms with E-state index >= 15 is 0 Å². The summed E-state index contributed by atoms with van der Waals surface area (Å²) >= 11 is 0. The summed E-state index contributed by atoms with van der Waals surface area (Å²) in [6.07, 6.45) is 2.51. The molecule has 7 nitrogen and oxygen atoms in total. The van der Waals surface area contributed by atoms with E-state index in [1.54, 1.807) is 23.1 Å². The number of phenols is 1. The summed E-state index contributed by atoms with van der Waals surface area (Å²) in [6, 6.07) is 5.71. The molecule has 2 saturated heterocycles. The van der Waals surface area contributed by atoms with E-state index in [1.165, 1.54) is 11.0 Å². The highest BCUT2D eigenvalue weighted by Crippen LogP contribution is 2.27. The first kappa shape index (κ1) is 17.3. The Morgan fingerprint density at radius 1 is 1.04 bits per heavy atom. The number of hydrogen-bond donors (Lipinski definition) is 2. The maximum atomic E-state index is 12.9. The largest absolute Gasteiger partial charge is 0.507 e. The minimum atomic E-state index is -0.883. The average molecular weight is 346 g/mol. The van der Waals surface area contributed by atoms with E-state index in [1.807, 2.05) is 0 Å². The van der Waals surface area contributed by atoms with Gasteiger partial charge in [0.1, 0.15) is 11.8 Å². The predicted octanol–water partition coefficient (Wildman–Crippen LogP) is 1.32. The molecule has 2 aliphatic heterocycles. The van der Waals surface area contributed by atoms with Crippen LogP contribution in [0.1, 0.15) is 36.0 Å². The van der Waals surface area contributed by atoms with E-state index in [0.29, 0.717) is 38.8 Å². The van der Waals surface area contributed by atoms with E-state index in [4.69, 9.17) is 0 Å². The second-order valence-corrected chi connectivity index (χ2v) is 6.64. The molecule has 7 heteroatoms. The zero-order chi connectivity index (χ0) is 18.0. The highest BCUT2D eigenvalue weighted by atomic mass is 16.4. The van der Waals surface area contributed by atoms with Crippen molar-refractivity contribution in [3.63, 3.8) is 0 Å². The molecule has 0 spiro atoms. The number of carbonyl (C=O) groups excluding carboxylic acids is 2. The maximum Gasteiger partial charge on any atom is 0.308 e. The van der Waals surface area contributed by atoms with Crippen LogP contribution >= 0.6 is 0 Å².